The number of hydrogen-bond acceptors (Lipinski definition) is 4. The highest BCUT2D eigenvalue weighted by Crippen LogP contribution is 2.15. The van der Waals surface area contributed by atoms with Crippen molar-refractivity contribution in [2.45, 2.75) is 31.9 Å². The molecule has 0 aromatic heterocycles. The molecule has 172 valence electrons. The molecule has 1 fully saturated rings. The Labute approximate surface area is 184 Å². The van der Waals surface area contributed by atoms with Crippen LogP contribution in [0.5, 0.6) is 5.75 Å². The zero-order valence-corrected chi connectivity index (χ0v) is 17.5. The van der Waals surface area contributed by atoms with Crippen LogP contribution in [0.3, 0.4) is 0 Å². The zero-order valence-electron chi connectivity index (χ0n) is 17.5. The van der Waals surface area contributed by atoms with E-state index < -0.39 is 18.3 Å². The summed E-state index contributed by atoms with van der Waals surface area (Å²) in [6.07, 6.45) is 1.94. The molecule has 9 heteroatoms. The third-order valence-corrected chi connectivity index (χ3v) is 5.29. The van der Waals surface area contributed by atoms with Gasteiger partial charge in [-0.1, -0.05) is 24.3 Å². The van der Waals surface area contributed by atoms with Gasteiger partial charge in [-0.3, -0.25) is 14.5 Å². The van der Waals surface area contributed by atoms with E-state index in [4.69, 9.17) is 0 Å². The summed E-state index contributed by atoms with van der Waals surface area (Å²) in [6, 6.07) is 12.1. The number of hydrogen-bond donors (Lipinski definition) is 2. The summed E-state index contributed by atoms with van der Waals surface area (Å²) < 4.78 is 42.4. The number of nitrogens with one attached hydrogen (secondary N) is 2. The molecule has 2 aromatic carbocycles. The molecule has 1 aliphatic rings. The maximum absolute atomic E-state index is 13.7. The van der Waals surface area contributed by atoms with E-state index in [0.717, 1.165) is 5.56 Å². The summed E-state index contributed by atoms with van der Waals surface area (Å²) in [5.41, 5.74) is 0.934. The predicted octanol–water partition coefficient (Wildman–Crippen LogP) is 2.98. The molecular weight excluding hydrogens is 423 g/mol. The summed E-state index contributed by atoms with van der Waals surface area (Å²) >= 11 is 0. The van der Waals surface area contributed by atoms with Crippen LogP contribution in [-0.2, 0) is 11.2 Å². The van der Waals surface area contributed by atoms with E-state index >= 15 is 0 Å². The second kappa shape index (κ2) is 11.5. The van der Waals surface area contributed by atoms with Crippen molar-refractivity contribution in [3.63, 3.8) is 0 Å². The Kier molecular flexibility index (Phi) is 8.49. The Morgan fingerprint density at radius 3 is 2.41 bits per heavy atom. The SMILES string of the molecule is O=C(CN1CCC(NC(=O)c2ccccc2F)CC1)NCCc1ccc(OC(F)F)cc1. The molecule has 1 saturated heterocycles. The average molecular weight is 449 g/mol. The van der Waals surface area contributed by atoms with Crippen molar-refractivity contribution < 1.29 is 27.5 Å². The molecule has 32 heavy (non-hydrogen) atoms. The van der Waals surface area contributed by atoms with E-state index in [9.17, 15) is 22.8 Å². The molecule has 0 saturated carbocycles. The molecule has 6 nitrogen and oxygen atoms in total. The zero-order chi connectivity index (χ0) is 22.9. The number of nitrogens with zero attached hydrogens (tertiary/aromatic N) is 1. The fourth-order valence-corrected chi connectivity index (χ4v) is 3.59. The molecule has 0 unspecified atom stereocenters. The molecule has 0 spiro atoms. The van der Waals surface area contributed by atoms with Gasteiger partial charge in [0.05, 0.1) is 12.1 Å². The molecule has 1 aliphatic heterocycles. The van der Waals surface area contributed by atoms with Crippen LogP contribution >= 0.6 is 0 Å². The van der Waals surface area contributed by atoms with Gasteiger partial charge in [-0.15, -0.1) is 0 Å². The van der Waals surface area contributed by atoms with Crippen molar-refractivity contribution >= 4 is 11.8 Å². The second-order valence-corrected chi connectivity index (χ2v) is 7.63. The van der Waals surface area contributed by atoms with Crippen molar-refractivity contribution in [1.82, 2.24) is 15.5 Å². The lowest BCUT2D eigenvalue weighted by molar-refractivity contribution is -0.122. The minimum Gasteiger partial charge on any atom is -0.435 e. The molecule has 0 radical (unpaired) electrons. The lowest BCUT2D eigenvalue weighted by atomic mass is 10.0. The largest absolute Gasteiger partial charge is 0.435 e. The van der Waals surface area contributed by atoms with Gasteiger partial charge in [0, 0.05) is 25.7 Å². The van der Waals surface area contributed by atoms with Crippen LogP contribution in [0.1, 0.15) is 28.8 Å². The van der Waals surface area contributed by atoms with Gasteiger partial charge in [0.25, 0.3) is 5.91 Å². The van der Waals surface area contributed by atoms with E-state index in [2.05, 4.69) is 15.4 Å². The van der Waals surface area contributed by atoms with Crippen LogP contribution in [0.2, 0.25) is 0 Å². The molecular formula is C23H26F3N3O3. The van der Waals surface area contributed by atoms with Gasteiger partial charge in [-0.25, -0.2) is 4.39 Å². The lowest BCUT2D eigenvalue weighted by Gasteiger charge is -2.31. The normalized spacial score (nSPS) is 14.9. The fraction of sp³-hybridized carbons (Fsp3) is 0.391. The smallest absolute Gasteiger partial charge is 0.387 e. The molecule has 2 N–H and O–H groups in total. The molecule has 2 amide bonds. The first-order chi connectivity index (χ1) is 15.4. The van der Waals surface area contributed by atoms with Gasteiger partial charge in [0.2, 0.25) is 5.91 Å². The average Bonchev–Trinajstić information content (AvgIpc) is 2.76. The molecule has 0 aliphatic carbocycles. The first kappa shape index (κ1) is 23.6. The maximum Gasteiger partial charge on any atom is 0.387 e. The van der Waals surface area contributed by atoms with Crippen LogP contribution in [0.25, 0.3) is 0 Å². The third kappa shape index (κ3) is 7.26. The predicted molar refractivity (Wildman–Crippen MR) is 113 cm³/mol. The van der Waals surface area contributed by atoms with Crippen molar-refractivity contribution in [2.24, 2.45) is 0 Å². The number of likely N-dealkylation sites (tertiary alicyclic amines) is 1. The third-order valence-electron chi connectivity index (χ3n) is 5.29. The summed E-state index contributed by atoms with van der Waals surface area (Å²) in [5, 5.41) is 5.71. The molecule has 2 aromatic rings. The summed E-state index contributed by atoms with van der Waals surface area (Å²) in [4.78, 5) is 26.4. The van der Waals surface area contributed by atoms with Crippen LogP contribution < -0.4 is 15.4 Å². The topological polar surface area (TPSA) is 70.7 Å². The minimum atomic E-state index is -2.85. The Balaban J connectivity index is 1.33. The van der Waals surface area contributed by atoms with Gasteiger partial charge in [-0.05, 0) is 49.1 Å². The highest BCUT2D eigenvalue weighted by Gasteiger charge is 2.23. The number of benzene rings is 2. The van der Waals surface area contributed by atoms with Gasteiger partial charge < -0.3 is 15.4 Å². The van der Waals surface area contributed by atoms with Crippen molar-refractivity contribution in [3.8, 4) is 5.75 Å². The second-order valence-electron chi connectivity index (χ2n) is 7.63. The Morgan fingerprint density at radius 1 is 1.06 bits per heavy atom. The molecule has 1 heterocycles. The molecule has 0 bridgehead atoms. The van der Waals surface area contributed by atoms with Crippen LogP contribution in [0.15, 0.2) is 48.5 Å². The number of ether oxygens (including phenoxy) is 1. The van der Waals surface area contributed by atoms with Crippen LogP contribution in [0, 0.1) is 5.82 Å². The molecule has 0 atom stereocenters. The first-order valence-corrected chi connectivity index (χ1v) is 10.5. The highest BCUT2D eigenvalue weighted by atomic mass is 19.3. The van der Waals surface area contributed by atoms with E-state index in [1.807, 2.05) is 4.90 Å². The minimum absolute atomic E-state index is 0.0329. The van der Waals surface area contributed by atoms with Gasteiger partial charge >= 0.3 is 6.61 Å². The van der Waals surface area contributed by atoms with E-state index in [1.54, 1.807) is 18.2 Å². The van der Waals surface area contributed by atoms with Crippen LogP contribution in [-0.4, -0.2) is 55.5 Å². The fourth-order valence-electron chi connectivity index (χ4n) is 3.59. The Hall–Kier alpha value is -3.07. The first-order valence-electron chi connectivity index (χ1n) is 10.5. The van der Waals surface area contributed by atoms with E-state index in [1.165, 1.54) is 30.3 Å². The van der Waals surface area contributed by atoms with Crippen molar-refractivity contribution in [2.75, 3.05) is 26.2 Å². The van der Waals surface area contributed by atoms with Gasteiger partial charge in [-0.2, -0.15) is 8.78 Å². The summed E-state index contributed by atoms with van der Waals surface area (Å²) in [5.74, 6) is -0.970. The van der Waals surface area contributed by atoms with Crippen molar-refractivity contribution in [1.29, 1.82) is 0 Å². The number of halogens is 3. The standard InChI is InChI=1S/C23H26F3N3O3/c24-20-4-2-1-3-19(20)22(31)28-17-10-13-29(14-11-17)15-21(30)27-12-9-16-5-7-18(8-6-16)32-23(25)26/h1-8,17,23H,9-15H2,(H,27,30)(H,28,31). The monoisotopic (exact) mass is 449 g/mol. The summed E-state index contributed by atoms with van der Waals surface area (Å²) in [7, 11) is 0. The maximum atomic E-state index is 13.7. The van der Waals surface area contributed by atoms with Crippen molar-refractivity contribution in [3.05, 3.63) is 65.5 Å². The number of carbonyl (C=O) groups excluding carboxylic acids is 2. The van der Waals surface area contributed by atoms with E-state index in [0.29, 0.717) is 38.9 Å². The lowest BCUT2D eigenvalue weighted by Crippen LogP contribution is -2.47. The number of amides is 2. The number of piperidine rings is 1. The van der Waals surface area contributed by atoms with Crippen LogP contribution in [0.4, 0.5) is 13.2 Å². The number of alkyl halides is 2. The summed E-state index contributed by atoms with van der Waals surface area (Å²) in [6.45, 7) is -0.853. The quantitative estimate of drug-likeness (QED) is 0.618. The Bertz CT molecular complexity index is 901. The van der Waals surface area contributed by atoms with E-state index in [-0.39, 0.29) is 29.8 Å². The number of rotatable bonds is 9. The Morgan fingerprint density at radius 2 is 1.75 bits per heavy atom. The number of carbonyl (C=O) groups is 2. The van der Waals surface area contributed by atoms with Gasteiger partial charge in [0.15, 0.2) is 0 Å². The van der Waals surface area contributed by atoms with Gasteiger partial charge in [0.1, 0.15) is 11.6 Å². The highest BCUT2D eigenvalue weighted by molar-refractivity contribution is 5.94. The molecule has 3 rings (SSSR count).